The Balaban J connectivity index is 4.39. The fourth-order valence-electron chi connectivity index (χ4n) is 0.997. The molecule has 12 heavy (non-hydrogen) atoms. The molecule has 0 heterocycles. The van der Waals surface area contributed by atoms with Gasteiger partial charge in [-0.3, -0.25) is 0 Å². The molecule has 0 aromatic heterocycles. The van der Waals surface area contributed by atoms with Crippen molar-refractivity contribution in [3.63, 3.8) is 0 Å². The average molecular weight is 188 g/mol. The Morgan fingerprint density at radius 2 is 1.75 bits per heavy atom. The molecule has 0 aromatic carbocycles. The molecular formula is C8H20N2OSi. The molecule has 0 rings (SSSR count). The largest absolute Gasteiger partial charge is 0.391 e. The van der Waals surface area contributed by atoms with Gasteiger partial charge in [0.25, 0.3) is 0 Å². The van der Waals surface area contributed by atoms with Gasteiger partial charge in [-0.2, -0.15) is 5.10 Å². The zero-order valence-electron chi connectivity index (χ0n) is 8.92. The zero-order valence-corrected chi connectivity index (χ0v) is 9.92. The van der Waals surface area contributed by atoms with E-state index in [1.165, 1.54) is 0 Å². The number of hydrogen-bond donors (Lipinski definition) is 1. The highest BCUT2D eigenvalue weighted by molar-refractivity contribution is 6.80. The summed E-state index contributed by atoms with van der Waals surface area (Å²) in [6.45, 7) is 8.27. The second kappa shape index (κ2) is 4.05. The summed E-state index contributed by atoms with van der Waals surface area (Å²) in [6.07, 6.45) is 0. The van der Waals surface area contributed by atoms with Crippen molar-refractivity contribution >= 4 is 13.8 Å². The third kappa shape index (κ3) is 3.87. The summed E-state index contributed by atoms with van der Waals surface area (Å²) in [6, 6.07) is 0. The van der Waals surface area contributed by atoms with Crippen LogP contribution >= 0.6 is 0 Å². The van der Waals surface area contributed by atoms with Crippen molar-refractivity contribution < 1.29 is 5.11 Å². The van der Waals surface area contributed by atoms with Crippen molar-refractivity contribution in [1.82, 2.24) is 5.01 Å². The van der Waals surface area contributed by atoms with E-state index in [-0.39, 0.29) is 5.73 Å². The van der Waals surface area contributed by atoms with E-state index in [2.05, 4.69) is 24.7 Å². The fraction of sp³-hybridized carbons (Fsp3) is 0.875. The van der Waals surface area contributed by atoms with Crippen molar-refractivity contribution in [2.45, 2.75) is 32.3 Å². The molecule has 1 atom stereocenters. The number of hydrazone groups is 1. The molecule has 0 amide bonds. The summed E-state index contributed by atoms with van der Waals surface area (Å²) in [5.74, 6) is 0. The maximum Gasteiger partial charge on any atom is 0.0855 e. The van der Waals surface area contributed by atoms with E-state index in [9.17, 15) is 5.11 Å². The lowest BCUT2D eigenvalue weighted by molar-refractivity contribution is 0.301. The Bertz CT molecular complexity index is 172. The summed E-state index contributed by atoms with van der Waals surface area (Å²) >= 11 is 0. The van der Waals surface area contributed by atoms with Crippen LogP contribution in [-0.4, -0.2) is 43.7 Å². The van der Waals surface area contributed by atoms with Crippen molar-refractivity contribution in [2.75, 3.05) is 14.1 Å². The molecular weight excluding hydrogens is 168 g/mol. The highest BCUT2D eigenvalue weighted by Crippen LogP contribution is 2.09. The molecule has 0 saturated carbocycles. The molecule has 1 unspecified atom stereocenters. The SMILES string of the molecule is CC(=NN(C)C)C(O)[Si](C)(C)C. The minimum atomic E-state index is -1.49. The predicted octanol–water partition coefficient (Wildman–Crippen LogP) is 1.16. The topological polar surface area (TPSA) is 35.8 Å². The van der Waals surface area contributed by atoms with Gasteiger partial charge in [-0.1, -0.05) is 19.6 Å². The van der Waals surface area contributed by atoms with E-state index in [1.807, 2.05) is 21.0 Å². The molecule has 0 aliphatic carbocycles. The minimum Gasteiger partial charge on any atom is -0.391 e. The second-order valence-corrected chi connectivity index (χ2v) is 9.64. The second-order valence-electron chi connectivity index (χ2n) is 4.36. The average Bonchev–Trinajstić information content (AvgIpc) is 1.82. The lowest BCUT2D eigenvalue weighted by atomic mass is 10.5. The van der Waals surface area contributed by atoms with Gasteiger partial charge >= 0.3 is 0 Å². The molecule has 72 valence electrons. The van der Waals surface area contributed by atoms with E-state index < -0.39 is 8.07 Å². The van der Waals surface area contributed by atoms with Gasteiger partial charge in [0, 0.05) is 14.1 Å². The molecule has 3 nitrogen and oxygen atoms in total. The van der Waals surface area contributed by atoms with E-state index in [0.29, 0.717) is 0 Å². The molecule has 0 saturated heterocycles. The number of aliphatic hydroxyl groups excluding tert-OH is 1. The highest BCUT2D eigenvalue weighted by Gasteiger charge is 2.26. The molecule has 0 radical (unpaired) electrons. The van der Waals surface area contributed by atoms with E-state index >= 15 is 0 Å². The van der Waals surface area contributed by atoms with Crippen LogP contribution in [0, 0.1) is 0 Å². The number of hydrogen-bond acceptors (Lipinski definition) is 3. The summed E-state index contributed by atoms with van der Waals surface area (Å²) in [5, 5.41) is 15.7. The molecule has 0 bridgehead atoms. The van der Waals surface area contributed by atoms with Crippen LogP contribution in [0.3, 0.4) is 0 Å². The Labute approximate surface area is 76.1 Å². The predicted molar refractivity (Wildman–Crippen MR) is 56.1 cm³/mol. The van der Waals surface area contributed by atoms with Crippen LogP contribution < -0.4 is 0 Å². The molecule has 0 aliphatic heterocycles. The third-order valence-corrected chi connectivity index (χ3v) is 3.63. The van der Waals surface area contributed by atoms with Crippen molar-refractivity contribution in [3.8, 4) is 0 Å². The maximum atomic E-state index is 9.81. The van der Waals surface area contributed by atoms with Gasteiger partial charge in [0.05, 0.1) is 19.5 Å². The monoisotopic (exact) mass is 188 g/mol. The standard InChI is InChI=1S/C8H20N2OSi/c1-7(9-10(2)3)8(11)12(4,5)6/h8,11H,1-6H3. The molecule has 4 heteroatoms. The normalized spacial score (nSPS) is 16.1. The van der Waals surface area contributed by atoms with Gasteiger partial charge in [0.1, 0.15) is 0 Å². The molecule has 0 aromatic rings. The van der Waals surface area contributed by atoms with E-state index in [4.69, 9.17) is 0 Å². The smallest absolute Gasteiger partial charge is 0.0855 e. The highest BCUT2D eigenvalue weighted by atomic mass is 28.3. The Morgan fingerprint density at radius 1 is 1.33 bits per heavy atom. The van der Waals surface area contributed by atoms with Crippen molar-refractivity contribution in [1.29, 1.82) is 0 Å². The molecule has 0 spiro atoms. The lowest BCUT2D eigenvalue weighted by Gasteiger charge is -2.24. The van der Waals surface area contributed by atoms with Crippen LogP contribution in [0.5, 0.6) is 0 Å². The summed E-state index contributed by atoms with van der Waals surface area (Å²) in [5.41, 5.74) is 0.485. The first-order chi connectivity index (χ1) is 5.25. The summed E-state index contributed by atoms with van der Waals surface area (Å²) in [7, 11) is 2.23. The molecule has 0 fully saturated rings. The minimum absolute atomic E-state index is 0.333. The Kier molecular flexibility index (Phi) is 3.93. The van der Waals surface area contributed by atoms with E-state index in [1.54, 1.807) is 5.01 Å². The first-order valence-corrected chi connectivity index (χ1v) is 7.73. The number of nitrogens with zero attached hydrogens (tertiary/aromatic N) is 2. The van der Waals surface area contributed by atoms with Crippen LogP contribution in [0.4, 0.5) is 0 Å². The van der Waals surface area contributed by atoms with Crippen LogP contribution in [0.25, 0.3) is 0 Å². The summed E-state index contributed by atoms with van der Waals surface area (Å²) in [4.78, 5) is 0. The van der Waals surface area contributed by atoms with Gasteiger partial charge in [-0.15, -0.1) is 0 Å². The summed E-state index contributed by atoms with van der Waals surface area (Å²) < 4.78 is 0. The third-order valence-electron chi connectivity index (χ3n) is 1.57. The van der Waals surface area contributed by atoms with Gasteiger partial charge in [-0.05, 0) is 6.92 Å². The van der Waals surface area contributed by atoms with Gasteiger partial charge in [0.15, 0.2) is 0 Å². The fourth-order valence-corrected chi connectivity index (χ4v) is 2.31. The quantitative estimate of drug-likeness (QED) is 0.410. The Hall–Kier alpha value is -0.353. The van der Waals surface area contributed by atoms with E-state index in [0.717, 1.165) is 5.71 Å². The first-order valence-electron chi connectivity index (χ1n) is 4.15. The van der Waals surface area contributed by atoms with Gasteiger partial charge in [0.2, 0.25) is 0 Å². The first kappa shape index (κ1) is 11.6. The molecule has 0 aliphatic rings. The van der Waals surface area contributed by atoms with Crippen LogP contribution in [0.15, 0.2) is 5.10 Å². The van der Waals surface area contributed by atoms with Crippen LogP contribution in [-0.2, 0) is 0 Å². The zero-order chi connectivity index (χ0) is 9.94. The lowest BCUT2D eigenvalue weighted by Crippen LogP contribution is -2.43. The van der Waals surface area contributed by atoms with Gasteiger partial charge < -0.3 is 10.1 Å². The van der Waals surface area contributed by atoms with Crippen LogP contribution in [0.2, 0.25) is 19.6 Å². The number of aliphatic hydroxyl groups is 1. The van der Waals surface area contributed by atoms with Crippen molar-refractivity contribution in [3.05, 3.63) is 0 Å². The van der Waals surface area contributed by atoms with Crippen LogP contribution in [0.1, 0.15) is 6.92 Å². The molecule has 1 N–H and O–H groups in total. The van der Waals surface area contributed by atoms with Crippen molar-refractivity contribution in [2.24, 2.45) is 5.10 Å². The van der Waals surface area contributed by atoms with Gasteiger partial charge in [-0.25, -0.2) is 0 Å². The maximum absolute atomic E-state index is 9.81. The number of rotatable bonds is 3. The Morgan fingerprint density at radius 3 is 2.00 bits per heavy atom.